The molecule has 10 heteroatoms. The molecule has 1 N–H and O–H groups in total. The zero-order valence-corrected chi connectivity index (χ0v) is 9.80. The van der Waals surface area contributed by atoms with Crippen molar-refractivity contribution in [2.45, 2.75) is 10.8 Å². The lowest BCUT2D eigenvalue weighted by atomic mass is 10.4. The molecule has 0 bridgehead atoms. The highest BCUT2D eigenvalue weighted by molar-refractivity contribution is 8.01. The Balaban J connectivity index is 2.47. The number of carbonyl (C=O) groups is 3. The molecule has 17 heavy (non-hydrogen) atoms. The van der Waals surface area contributed by atoms with Gasteiger partial charge in [-0.15, -0.1) is 10.2 Å². The van der Waals surface area contributed by atoms with Gasteiger partial charge in [-0.25, -0.2) is 0 Å². The van der Waals surface area contributed by atoms with Gasteiger partial charge in [0.05, 0.1) is 18.4 Å². The summed E-state index contributed by atoms with van der Waals surface area (Å²) in [6, 6.07) is 0. The van der Waals surface area contributed by atoms with Gasteiger partial charge >= 0.3 is 0 Å². The van der Waals surface area contributed by atoms with Gasteiger partial charge in [-0.1, -0.05) is 23.1 Å². The monoisotopic (exact) mass is 275 g/mol. The van der Waals surface area contributed by atoms with Crippen molar-refractivity contribution in [3.8, 4) is 0 Å². The lowest BCUT2D eigenvalue weighted by Gasteiger charge is -2.00. The molecule has 0 radical (unpaired) electrons. The van der Waals surface area contributed by atoms with E-state index in [1.54, 1.807) is 0 Å². The number of aromatic nitrogens is 2. The highest BCUT2D eigenvalue weighted by atomic mass is 32.2. The molecule has 0 saturated carbocycles. The molecule has 0 saturated heterocycles. The number of carboxylic acids is 2. The second kappa shape index (κ2) is 6.15. The molecule has 8 nitrogen and oxygen atoms in total. The average molecular weight is 275 g/mol. The normalized spacial score (nSPS) is 9.88. The van der Waals surface area contributed by atoms with Crippen LogP contribution >= 0.6 is 23.1 Å². The maximum absolute atomic E-state index is 11.0. The van der Waals surface area contributed by atoms with Crippen LogP contribution in [-0.4, -0.2) is 33.8 Å². The maximum atomic E-state index is 11.0. The van der Waals surface area contributed by atoms with Crippen LogP contribution in [0.2, 0.25) is 0 Å². The predicted octanol–water partition coefficient (Wildman–Crippen LogP) is -2.54. The first kappa shape index (κ1) is 13.4. The van der Waals surface area contributed by atoms with Crippen LogP contribution < -0.4 is 15.5 Å². The van der Waals surface area contributed by atoms with Crippen molar-refractivity contribution >= 4 is 46.1 Å². The molecule has 0 aromatic carbocycles. The minimum atomic E-state index is -1.50. The molecule has 1 amide bonds. The summed E-state index contributed by atoms with van der Waals surface area (Å²) in [6.45, 7) is 0. The molecule has 1 heterocycles. The highest BCUT2D eigenvalue weighted by Crippen LogP contribution is 2.24. The number of hydrogen-bond donors (Lipinski definition) is 1. The van der Waals surface area contributed by atoms with Crippen molar-refractivity contribution in [1.82, 2.24) is 10.2 Å². The van der Waals surface area contributed by atoms with Gasteiger partial charge in [-0.3, -0.25) is 4.79 Å². The molecule has 0 spiro atoms. The van der Waals surface area contributed by atoms with E-state index >= 15 is 0 Å². The van der Waals surface area contributed by atoms with E-state index in [4.69, 9.17) is 0 Å². The first-order valence-corrected chi connectivity index (χ1v) is 5.93. The molecule has 0 aliphatic carbocycles. The van der Waals surface area contributed by atoms with Gasteiger partial charge in [0, 0.05) is 5.75 Å². The fourth-order valence-electron chi connectivity index (χ4n) is 0.734. The number of aliphatic carboxylic acids is 2. The van der Waals surface area contributed by atoms with Crippen LogP contribution in [0.15, 0.2) is 4.34 Å². The van der Waals surface area contributed by atoms with Crippen LogP contribution in [0.3, 0.4) is 0 Å². The Bertz CT molecular complexity index is 446. The molecule has 1 aromatic rings. The minimum Gasteiger partial charge on any atom is -0.550 e. The van der Waals surface area contributed by atoms with E-state index in [9.17, 15) is 24.6 Å². The van der Waals surface area contributed by atoms with Crippen molar-refractivity contribution < 1.29 is 24.6 Å². The van der Waals surface area contributed by atoms with Gasteiger partial charge in [-0.05, 0) is 0 Å². The van der Waals surface area contributed by atoms with E-state index in [0.717, 1.165) is 23.1 Å². The van der Waals surface area contributed by atoms with Crippen molar-refractivity contribution in [3.63, 3.8) is 0 Å². The molecule has 92 valence electrons. The first-order valence-electron chi connectivity index (χ1n) is 4.13. The number of nitrogens with one attached hydrogen (secondary N) is 1. The van der Waals surface area contributed by atoms with Crippen LogP contribution in [-0.2, 0) is 14.4 Å². The number of thioether (sulfide) groups is 1. The fraction of sp³-hybridized carbons (Fsp3) is 0.286. The van der Waals surface area contributed by atoms with E-state index in [1.807, 2.05) is 0 Å². The van der Waals surface area contributed by atoms with Gasteiger partial charge in [-0.2, -0.15) is 0 Å². The van der Waals surface area contributed by atoms with E-state index in [0.29, 0.717) is 4.34 Å². The quantitative estimate of drug-likeness (QED) is 0.341. The SMILES string of the molecule is O=C([O-])CSc1nnc(NC(=O)CC(=O)[O-])s1. The molecular weight excluding hydrogens is 270 g/mol. The van der Waals surface area contributed by atoms with Crippen molar-refractivity contribution in [2.75, 3.05) is 11.1 Å². The number of amides is 1. The summed E-state index contributed by atoms with van der Waals surface area (Å²) in [6.07, 6.45) is -0.777. The number of carboxylic acid groups (broad SMARTS) is 2. The summed E-state index contributed by atoms with van der Waals surface area (Å²) in [5.74, 6) is -3.80. The third-order valence-electron chi connectivity index (χ3n) is 1.27. The largest absolute Gasteiger partial charge is 0.550 e. The van der Waals surface area contributed by atoms with Crippen LogP contribution in [0.25, 0.3) is 0 Å². The standard InChI is InChI=1S/C7H7N3O5S2/c11-3(1-4(12)13)8-6-9-10-7(17-6)16-2-5(14)15/h1-2H2,(H,12,13)(H,14,15)(H,8,9,11)/p-2. The molecule has 0 atom stereocenters. The summed E-state index contributed by atoms with van der Waals surface area (Å²) < 4.78 is 0.331. The lowest BCUT2D eigenvalue weighted by molar-refractivity contribution is -0.305. The summed E-state index contributed by atoms with van der Waals surface area (Å²) >= 11 is 1.83. The van der Waals surface area contributed by atoms with Gasteiger partial charge in [0.25, 0.3) is 0 Å². The van der Waals surface area contributed by atoms with Crippen molar-refractivity contribution in [2.24, 2.45) is 0 Å². The highest BCUT2D eigenvalue weighted by Gasteiger charge is 2.08. The number of rotatable bonds is 6. The Labute approximate surface area is 103 Å². The Morgan fingerprint density at radius 3 is 2.53 bits per heavy atom. The van der Waals surface area contributed by atoms with Crippen molar-refractivity contribution in [1.29, 1.82) is 0 Å². The topological polar surface area (TPSA) is 135 Å². The van der Waals surface area contributed by atoms with E-state index in [2.05, 4.69) is 15.5 Å². The second-order valence-electron chi connectivity index (χ2n) is 2.63. The Kier molecular flexibility index (Phi) is 4.84. The molecule has 1 aromatic heterocycles. The number of nitrogens with zero attached hydrogens (tertiary/aromatic N) is 2. The fourth-order valence-corrected chi connectivity index (χ4v) is 2.22. The first-order chi connectivity index (χ1) is 7.97. The third kappa shape index (κ3) is 5.26. The summed E-state index contributed by atoms with van der Waals surface area (Å²) in [5, 5.41) is 29.7. The van der Waals surface area contributed by atoms with E-state index in [1.165, 1.54) is 0 Å². The Morgan fingerprint density at radius 1 is 1.24 bits per heavy atom. The van der Waals surface area contributed by atoms with E-state index in [-0.39, 0.29) is 10.9 Å². The van der Waals surface area contributed by atoms with Crippen LogP contribution in [0.1, 0.15) is 6.42 Å². The zero-order valence-electron chi connectivity index (χ0n) is 8.17. The van der Waals surface area contributed by atoms with Gasteiger partial charge in [0.15, 0.2) is 4.34 Å². The molecule has 0 aliphatic rings. The Morgan fingerprint density at radius 2 is 1.94 bits per heavy atom. The molecule has 0 unspecified atom stereocenters. The molecule has 0 aliphatic heterocycles. The van der Waals surface area contributed by atoms with E-state index < -0.39 is 24.3 Å². The number of carbonyl (C=O) groups excluding carboxylic acids is 3. The number of hydrogen-bond acceptors (Lipinski definition) is 9. The third-order valence-corrected chi connectivity index (χ3v) is 3.22. The summed E-state index contributed by atoms with van der Waals surface area (Å²) in [4.78, 5) is 31.3. The number of anilines is 1. The van der Waals surface area contributed by atoms with Gasteiger partial charge in [0.1, 0.15) is 0 Å². The van der Waals surface area contributed by atoms with Crippen molar-refractivity contribution in [3.05, 3.63) is 0 Å². The molecular formula is C7H5N3O5S2-2. The average Bonchev–Trinajstić information content (AvgIpc) is 2.61. The minimum absolute atomic E-state index is 0.0945. The van der Waals surface area contributed by atoms with Gasteiger partial charge < -0.3 is 25.1 Å². The zero-order chi connectivity index (χ0) is 12.8. The summed E-state index contributed by atoms with van der Waals surface area (Å²) in [5.41, 5.74) is 0. The van der Waals surface area contributed by atoms with Crippen LogP contribution in [0.5, 0.6) is 0 Å². The smallest absolute Gasteiger partial charge is 0.231 e. The van der Waals surface area contributed by atoms with Crippen LogP contribution in [0, 0.1) is 0 Å². The second-order valence-corrected chi connectivity index (χ2v) is 4.83. The molecule has 0 fully saturated rings. The Hall–Kier alpha value is -1.68. The summed E-state index contributed by atoms with van der Waals surface area (Å²) in [7, 11) is 0. The molecule has 1 rings (SSSR count). The maximum Gasteiger partial charge on any atom is 0.231 e. The predicted molar refractivity (Wildman–Crippen MR) is 53.9 cm³/mol. The lowest BCUT2D eigenvalue weighted by Crippen LogP contribution is -2.28. The van der Waals surface area contributed by atoms with Crippen LogP contribution in [0.4, 0.5) is 5.13 Å². The van der Waals surface area contributed by atoms with Gasteiger partial charge in [0.2, 0.25) is 11.0 Å².